The summed E-state index contributed by atoms with van der Waals surface area (Å²) in [5.41, 5.74) is 0.901. The third-order valence-electron chi connectivity index (χ3n) is 3.04. The Labute approximate surface area is 99.5 Å². The molecule has 3 rings (SSSR count). The molecule has 0 radical (unpaired) electrons. The molecule has 2 aliphatic heterocycles. The molecule has 1 saturated heterocycles. The second-order valence-electron chi connectivity index (χ2n) is 4.13. The van der Waals surface area contributed by atoms with Gasteiger partial charge in [0.25, 0.3) is 0 Å². The predicted molar refractivity (Wildman–Crippen MR) is 64.1 cm³/mol. The molecule has 1 aromatic carbocycles. The summed E-state index contributed by atoms with van der Waals surface area (Å²) in [6.07, 6.45) is 1.25. The van der Waals surface area contributed by atoms with Crippen LogP contribution < -0.4 is 5.32 Å². The van der Waals surface area contributed by atoms with Gasteiger partial charge in [-0.3, -0.25) is 0 Å². The molecule has 0 amide bonds. The Morgan fingerprint density at radius 2 is 2.25 bits per heavy atom. The van der Waals surface area contributed by atoms with Crippen LogP contribution in [0.2, 0.25) is 5.02 Å². The van der Waals surface area contributed by atoms with E-state index in [4.69, 9.17) is 16.3 Å². The van der Waals surface area contributed by atoms with Crippen LogP contribution in [0.15, 0.2) is 29.3 Å². The maximum atomic E-state index is 6.13. The van der Waals surface area contributed by atoms with Crippen LogP contribution in [0.4, 0.5) is 0 Å². The van der Waals surface area contributed by atoms with E-state index in [0.29, 0.717) is 10.9 Å². The summed E-state index contributed by atoms with van der Waals surface area (Å²) in [6.45, 7) is 1.91. The lowest BCUT2D eigenvalue weighted by Crippen LogP contribution is -2.41. The summed E-state index contributed by atoms with van der Waals surface area (Å²) < 4.78 is 5.86. The number of hydrogen-bond donors (Lipinski definition) is 1. The zero-order valence-electron chi connectivity index (χ0n) is 8.82. The van der Waals surface area contributed by atoms with E-state index in [1.807, 2.05) is 24.3 Å². The molecule has 3 nitrogen and oxygen atoms in total. The Balaban J connectivity index is 1.89. The molecular weight excluding hydrogens is 224 g/mol. The minimum absolute atomic E-state index is 0.229. The van der Waals surface area contributed by atoms with E-state index in [1.54, 1.807) is 0 Å². The number of halogens is 1. The van der Waals surface area contributed by atoms with Crippen LogP contribution in [0.5, 0.6) is 0 Å². The summed E-state index contributed by atoms with van der Waals surface area (Å²) in [5, 5.41) is 4.02. The molecule has 1 N–H and O–H groups in total. The highest BCUT2D eigenvalue weighted by Crippen LogP contribution is 2.25. The Kier molecular flexibility index (Phi) is 2.58. The van der Waals surface area contributed by atoms with Gasteiger partial charge in [0, 0.05) is 6.54 Å². The van der Waals surface area contributed by atoms with Gasteiger partial charge in [-0.15, -0.1) is 0 Å². The van der Waals surface area contributed by atoms with Crippen molar-refractivity contribution in [1.82, 2.24) is 5.32 Å². The second kappa shape index (κ2) is 4.07. The number of fused-ring (bicyclic) bond motifs is 1. The number of benzene rings is 1. The first-order chi connectivity index (χ1) is 7.84. The van der Waals surface area contributed by atoms with Gasteiger partial charge in [-0.2, -0.15) is 0 Å². The van der Waals surface area contributed by atoms with E-state index >= 15 is 0 Å². The van der Waals surface area contributed by atoms with E-state index < -0.39 is 0 Å². The minimum atomic E-state index is 0.229. The highest BCUT2D eigenvalue weighted by Gasteiger charge is 2.33. The van der Waals surface area contributed by atoms with Crippen molar-refractivity contribution in [2.75, 3.05) is 13.1 Å². The molecule has 16 heavy (non-hydrogen) atoms. The fourth-order valence-corrected chi connectivity index (χ4v) is 2.39. The number of piperidine rings is 1. The van der Waals surface area contributed by atoms with E-state index in [9.17, 15) is 0 Å². The number of rotatable bonds is 1. The number of nitrogens with zero attached hydrogens (tertiary/aromatic N) is 1. The fourth-order valence-electron chi connectivity index (χ4n) is 2.18. The third kappa shape index (κ3) is 1.70. The van der Waals surface area contributed by atoms with Crippen LogP contribution in [0.25, 0.3) is 0 Å². The van der Waals surface area contributed by atoms with Crippen molar-refractivity contribution in [3.05, 3.63) is 34.9 Å². The van der Waals surface area contributed by atoms with Gasteiger partial charge in [0.05, 0.1) is 10.6 Å². The average molecular weight is 237 g/mol. The number of ether oxygens (including phenoxy) is 1. The summed E-state index contributed by atoms with van der Waals surface area (Å²) >= 11 is 6.13. The number of nitrogens with one attached hydrogen (secondary N) is 1. The molecule has 84 valence electrons. The summed E-state index contributed by atoms with van der Waals surface area (Å²) in [5.74, 6) is 0.698. The molecule has 0 bridgehead atoms. The standard InChI is InChI=1S/C12H13ClN2O/c13-9-4-2-1-3-8(9)12-15-10-7-14-6-5-11(10)16-12/h1-4,10-11,14H,5-7H2. The molecule has 4 heteroatoms. The van der Waals surface area contributed by atoms with Crippen molar-refractivity contribution in [3.63, 3.8) is 0 Å². The Hall–Kier alpha value is -1.06. The summed E-state index contributed by atoms with van der Waals surface area (Å²) in [7, 11) is 0. The molecule has 0 saturated carbocycles. The van der Waals surface area contributed by atoms with Crippen molar-refractivity contribution in [2.24, 2.45) is 4.99 Å². The second-order valence-corrected chi connectivity index (χ2v) is 4.54. The Morgan fingerprint density at radius 1 is 1.38 bits per heavy atom. The van der Waals surface area contributed by atoms with Gasteiger partial charge in [-0.25, -0.2) is 4.99 Å². The first-order valence-corrected chi connectivity index (χ1v) is 5.92. The van der Waals surface area contributed by atoms with Gasteiger partial charge >= 0.3 is 0 Å². The molecule has 2 atom stereocenters. The molecule has 2 aliphatic rings. The van der Waals surface area contributed by atoms with Gasteiger partial charge in [0.2, 0.25) is 5.90 Å². The maximum Gasteiger partial charge on any atom is 0.218 e. The largest absolute Gasteiger partial charge is 0.472 e. The van der Waals surface area contributed by atoms with Crippen LogP contribution in [-0.2, 0) is 4.74 Å². The van der Waals surface area contributed by atoms with Crippen LogP contribution >= 0.6 is 11.6 Å². The monoisotopic (exact) mass is 236 g/mol. The van der Waals surface area contributed by atoms with Crippen molar-refractivity contribution >= 4 is 17.5 Å². The zero-order chi connectivity index (χ0) is 11.0. The van der Waals surface area contributed by atoms with E-state index in [1.165, 1.54) is 0 Å². The molecule has 2 heterocycles. The van der Waals surface area contributed by atoms with Gasteiger partial charge in [0.1, 0.15) is 12.1 Å². The van der Waals surface area contributed by atoms with Gasteiger partial charge < -0.3 is 10.1 Å². The topological polar surface area (TPSA) is 33.6 Å². The number of aliphatic imine (C=N–C) groups is 1. The molecule has 1 fully saturated rings. The Bertz CT molecular complexity index is 433. The quantitative estimate of drug-likeness (QED) is 0.808. The van der Waals surface area contributed by atoms with Crippen LogP contribution in [0, 0.1) is 0 Å². The van der Waals surface area contributed by atoms with Crippen molar-refractivity contribution in [3.8, 4) is 0 Å². The molecule has 0 aliphatic carbocycles. The number of hydrogen-bond acceptors (Lipinski definition) is 3. The van der Waals surface area contributed by atoms with Crippen molar-refractivity contribution < 1.29 is 4.74 Å². The first kappa shape index (κ1) is 10.1. The minimum Gasteiger partial charge on any atom is -0.472 e. The highest BCUT2D eigenvalue weighted by atomic mass is 35.5. The molecule has 1 aromatic rings. The average Bonchev–Trinajstić information content (AvgIpc) is 2.73. The normalized spacial score (nSPS) is 28.2. The lowest BCUT2D eigenvalue weighted by atomic mass is 10.1. The molecule has 0 spiro atoms. The highest BCUT2D eigenvalue weighted by molar-refractivity contribution is 6.33. The van der Waals surface area contributed by atoms with Gasteiger partial charge in [-0.1, -0.05) is 23.7 Å². The van der Waals surface area contributed by atoms with Gasteiger partial charge in [0.15, 0.2) is 0 Å². The van der Waals surface area contributed by atoms with E-state index in [2.05, 4.69) is 10.3 Å². The van der Waals surface area contributed by atoms with Crippen LogP contribution in [0.3, 0.4) is 0 Å². The maximum absolute atomic E-state index is 6.13. The SMILES string of the molecule is Clc1ccccc1C1=NC2CNCCC2O1. The van der Waals surface area contributed by atoms with E-state index in [0.717, 1.165) is 25.1 Å². The first-order valence-electron chi connectivity index (χ1n) is 5.54. The van der Waals surface area contributed by atoms with E-state index in [-0.39, 0.29) is 12.1 Å². The lowest BCUT2D eigenvalue weighted by Gasteiger charge is -2.23. The van der Waals surface area contributed by atoms with Crippen LogP contribution in [-0.4, -0.2) is 31.1 Å². The van der Waals surface area contributed by atoms with Crippen molar-refractivity contribution in [1.29, 1.82) is 0 Å². The summed E-state index contributed by atoms with van der Waals surface area (Å²) in [6, 6.07) is 7.93. The van der Waals surface area contributed by atoms with Crippen LogP contribution in [0.1, 0.15) is 12.0 Å². The Morgan fingerprint density at radius 3 is 3.06 bits per heavy atom. The summed E-state index contributed by atoms with van der Waals surface area (Å²) in [4.78, 5) is 4.59. The third-order valence-corrected chi connectivity index (χ3v) is 3.37. The smallest absolute Gasteiger partial charge is 0.218 e. The molecule has 2 unspecified atom stereocenters. The van der Waals surface area contributed by atoms with Crippen molar-refractivity contribution in [2.45, 2.75) is 18.6 Å². The zero-order valence-corrected chi connectivity index (χ0v) is 9.57. The van der Waals surface area contributed by atoms with Gasteiger partial charge in [-0.05, 0) is 25.1 Å². The molecular formula is C12H13ClN2O. The fraction of sp³-hybridized carbons (Fsp3) is 0.417. The predicted octanol–water partition coefficient (Wildman–Crippen LogP) is 1.85. The lowest BCUT2D eigenvalue weighted by molar-refractivity contribution is 0.161. The molecule has 0 aromatic heterocycles.